The molecule has 1 aromatic heterocycles. The molecule has 28 heavy (non-hydrogen) atoms. The van der Waals surface area contributed by atoms with Crippen LogP contribution in [0.4, 0.5) is 4.39 Å². The third-order valence-electron chi connectivity index (χ3n) is 6.85. The predicted octanol–water partition coefficient (Wildman–Crippen LogP) is 4.54. The Kier molecular flexibility index (Phi) is 4.59. The number of aromatic nitrogens is 1. The fourth-order valence-corrected chi connectivity index (χ4v) is 7.25. The van der Waals surface area contributed by atoms with Crippen LogP contribution in [0, 0.1) is 5.82 Å². The molecule has 3 heterocycles. The molecule has 0 N–H and O–H groups in total. The predicted molar refractivity (Wildman–Crippen MR) is 110 cm³/mol. The van der Waals surface area contributed by atoms with Crippen LogP contribution in [0.5, 0.6) is 0 Å². The number of rotatable bonds is 3. The molecule has 5 rings (SSSR count). The lowest BCUT2D eigenvalue weighted by molar-refractivity contribution is 0.275. The Morgan fingerprint density at radius 3 is 2.68 bits per heavy atom. The number of fused-ring (bicyclic) bond motifs is 2. The minimum Gasteiger partial charge on any atom is -0.296 e. The van der Waals surface area contributed by atoms with E-state index < -0.39 is 10.0 Å². The van der Waals surface area contributed by atoms with Crippen molar-refractivity contribution >= 4 is 26.5 Å². The molecule has 1 aliphatic carbocycles. The van der Waals surface area contributed by atoms with Crippen LogP contribution in [0.1, 0.15) is 56.9 Å². The molecule has 150 valence electrons. The molecule has 2 aliphatic heterocycles. The summed E-state index contributed by atoms with van der Waals surface area (Å²) in [5.41, 5.74) is 2.66. The maximum atomic E-state index is 14.1. The SMILES string of the molecule is O=S(=O)(C1CCCCC1)n1cc(C2=CCN3CCCC3C2)c2cc(F)ccc21. The molecule has 1 unspecified atom stereocenters. The lowest BCUT2D eigenvalue weighted by Gasteiger charge is -2.29. The van der Waals surface area contributed by atoms with Gasteiger partial charge >= 0.3 is 0 Å². The fraction of sp³-hybridized carbons (Fsp3) is 0.545. The number of hydrogen-bond acceptors (Lipinski definition) is 3. The van der Waals surface area contributed by atoms with Gasteiger partial charge in [0.2, 0.25) is 10.0 Å². The van der Waals surface area contributed by atoms with Crippen molar-refractivity contribution in [2.24, 2.45) is 0 Å². The van der Waals surface area contributed by atoms with Gasteiger partial charge in [0.25, 0.3) is 0 Å². The largest absolute Gasteiger partial charge is 0.296 e. The summed E-state index contributed by atoms with van der Waals surface area (Å²) in [5, 5.41) is 0.387. The summed E-state index contributed by atoms with van der Waals surface area (Å²) in [6, 6.07) is 5.02. The molecule has 1 saturated carbocycles. The van der Waals surface area contributed by atoms with E-state index >= 15 is 0 Å². The van der Waals surface area contributed by atoms with Crippen molar-refractivity contribution < 1.29 is 12.8 Å². The maximum absolute atomic E-state index is 14.1. The Balaban J connectivity index is 1.62. The zero-order valence-corrected chi connectivity index (χ0v) is 16.9. The fourth-order valence-electron chi connectivity index (χ4n) is 5.31. The summed E-state index contributed by atoms with van der Waals surface area (Å²) in [7, 11) is -3.48. The molecular weight excluding hydrogens is 375 g/mol. The molecule has 6 heteroatoms. The highest BCUT2D eigenvalue weighted by Gasteiger charge is 2.33. The number of hydrogen-bond donors (Lipinski definition) is 0. The maximum Gasteiger partial charge on any atom is 0.241 e. The van der Waals surface area contributed by atoms with Crippen LogP contribution in [-0.4, -0.2) is 41.7 Å². The molecule has 0 radical (unpaired) electrons. The van der Waals surface area contributed by atoms with Crippen molar-refractivity contribution in [2.45, 2.75) is 62.7 Å². The highest BCUT2D eigenvalue weighted by Crippen LogP contribution is 2.38. The zero-order valence-electron chi connectivity index (χ0n) is 16.1. The Labute approximate surface area is 166 Å². The normalized spacial score (nSPS) is 24.5. The molecule has 4 nitrogen and oxygen atoms in total. The van der Waals surface area contributed by atoms with E-state index in [1.54, 1.807) is 12.3 Å². The Morgan fingerprint density at radius 1 is 1.04 bits per heavy atom. The van der Waals surface area contributed by atoms with Gasteiger partial charge in [-0.05, 0) is 62.4 Å². The summed E-state index contributed by atoms with van der Waals surface area (Å²) >= 11 is 0. The van der Waals surface area contributed by atoms with Crippen molar-refractivity contribution in [1.82, 2.24) is 8.87 Å². The van der Waals surface area contributed by atoms with Crippen LogP contribution < -0.4 is 0 Å². The quantitative estimate of drug-likeness (QED) is 0.757. The molecule has 0 bridgehead atoms. The van der Waals surface area contributed by atoms with Gasteiger partial charge in [-0.3, -0.25) is 4.90 Å². The van der Waals surface area contributed by atoms with Gasteiger partial charge in [-0.1, -0.05) is 25.3 Å². The first kappa shape index (κ1) is 18.4. The highest BCUT2D eigenvalue weighted by molar-refractivity contribution is 7.90. The third-order valence-corrected chi connectivity index (χ3v) is 9.02. The molecule has 0 spiro atoms. The van der Waals surface area contributed by atoms with Gasteiger partial charge < -0.3 is 0 Å². The summed E-state index contributed by atoms with van der Waals surface area (Å²) in [6.45, 7) is 2.04. The van der Waals surface area contributed by atoms with Gasteiger partial charge in [0, 0.05) is 29.7 Å². The van der Waals surface area contributed by atoms with Crippen molar-refractivity contribution in [1.29, 1.82) is 0 Å². The van der Waals surface area contributed by atoms with E-state index in [1.165, 1.54) is 28.9 Å². The molecule has 3 aliphatic rings. The van der Waals surface area contributed by atoms with Crippen molar-refractivity contribution in [3.8, 4) is 0 Å². The summed E-state index contributed by atoms with van der Waals surface area (Å²) in [6.07, 6.45) is 11.8. The van der Waals surface area contributed by atoms with Crippen molar-refractivity contribution in [3.63, 3.8) is 0 Å². The molecular formula is C22H27FN2O2S. The van der Waals surface area contributed by atoms with Gasteiger partial charge in [-0.25, -0.2) is 16.8 Å². The average Bonchev–Trinajstić information content (AvgIpc) is 3.32. The Bertz CT molecular complexity index is 1030. The van der Waals surface area contributed by atoms with Crippen molar-refractivity contribution in [3.05, 3.63) is 41.9 Å². The first-order chi connectivity index (χ1) is 13.5. The van der Waals surface area contributed by atoms with E-state index in [4.69, 9.17) is 0 Å². The molecule has 2 aromatic rings. The minimum atomic E-state index is -3.48. The standard InChI is InChI=1S/C22H27FN2O2S/c23-17-8-9-22-20(14-17)21(16-10-12-24-11-4-5-18(24)13-16)15-25(22)28(26,27)19-6-2-1-3-7-19/h8-10,14-15,18-19H,1-7,11-13H2. The van der Waals surface area contributed by atoms with Gasteiger partial charge in [-0.15, -0.1) is 0 Å². The highest BCUT2D eigenvalue weighted by atomic mass is 32.2. The number of benzene rings is 1. The summed E-state index contributed by atoms with van der Waals surface area (Å²) < 4.78 is 42.3. The van der Waals surface area contributed by atoms with Crippen LogP contribution in [0.15, 0.2) is 30.5 Å². The Morgan fingerprint density at radius 2 is 1.86 bits per heavy atom. The van der Waals surface area contributed by atoms with Gasteiger partial charge in [0.05, 0.1) is 10.8 Å². The van der Waals surface area contributed by atoms with E-state index in [-0.39, 0.29) is 11.1 Å². The van der Waals surface area contributed by atoms with Gasteiger partial charge in [0.15, 0.2) is 0 Å². The second-order valence-corrected chi connectivity index (χ2v) is 10.6. The van der Waals surface area contributed by atoms with E-state index in [9.17, 15) is 12.8 Å². The topological polar surface area (TPSA) is 42.3 Å². The third kappa shape index (κ3) is 3.01. The number of halogens is 1. The summed E-state index contributed by atoms with van der Waals surface area (Å²) in [4.78, 5) is 2.49. The monoisotopic (exact) mass is 402 g/mol. The lowest BCUT2D eigenvalue weighted by Crippen LogP contribution is -2.32. The van der Waals surface area contributed by atoms with E-state index in [0.29, 0.717) is 11.6 Å². The summed E-state index contributed by atoms with van der Waals surface area (Å²) in [5.74, 6) is -0.319. The second-order valence-electron chi connectivity index (χ2n) is 8.53. The minimum absolute atomic E-state index is 0.319. The zero-order chi connectivity index (χ0) is 19.3. The van der Waals surface area contributed by atoms with Gasteiger partial charge in [-0.2, -0.15) is 0 Å². The first-order valence-corrected chi connectivity index (χ1v) is 12.0. The van der Waals surface area contributed by atoms with Gasteiger partial charge in [0.1, 0.15) is 5.82 Å². The van der Waals surface area contributed by atoms with Crippen LogP contribution in [0.25, 0.3) is 16.5 Å². The van der Waals surface area contributed by atoms with E-state index in [2.05, 4.69) is 11.0 Å². The van der Waals surface area contributed by atoms with Crippen LogP contribution in [0.3, 0.4) is 0 Å². The average molecular weight is 403 g/mol. The van der Waals surface area contributed by atoms with Crippen LogP contribution >= 0.6 is 0 Å². The lowest BCUT2D eigenvalue weighted by atomic mass is 9.94. The van der Waals surface area contributed by atoms with Crippen LogP contribution in [-0.2, 0) is 10.0 Å². The second kappa shape index (κ2) is 6.99. The molecule has 1 saturated heterocycles. The molecule has 1 atom stereocenters. The Hall–Kier alpha value is -1.66. The van der Waals surface area contributed by atoms with Crippen LogP contribution in [0.2, 0.25) is 0 Å². The first-order valence-electron chi connectivity index (χ1n) is 10.5. The van der Waals surface area contributed by atoms with E-state index in [0.717, 1.165) is 68.1 Å². The molecule has 2 fully saturated rings. The molecule has 1 aromatic carbocycles. The molecule has 0 amide bonds. The number of nitrogens with zero attached hydrogens (tertiary/aromatic N) is 2. The van der Waals surface area contributed by atoms with E-state index in [1.807, 2.05) is 0 Å². The van der Waals surface area contributed by atoms with Crippen molar-refractivity contribution in [2.75, 3.05) is 13.1 Å². The smallest absolute Gasteiger partial charge is 0.241 e.